The fourth-order valence-electron chi connectivity index (χ4n) is 4.07. The van der Waals surface area contributed by atoms with Crippen LogP contribution in [-0.2, 0) is 0 Å². The first kappa shape index (κ1) is 14.8. The minimum absolute atomic E-state index is 0.814. The van der Waals surface area contributed by atoms with Gasteiger partial charge in [-0.05, 0) is 49.9 Å². The van der Waals surface area contributed by atoms with Gasteiger partial charge in [-0.3, -0.25) is 4.90 Å². The molecule has 3 atom stereocenters. The summed E-state index contributed by atoms with van der Waals surface area (Å²) in [4.78, 5) is 2.90. The Hall–Kier alpha value is -0.0800. The fourth-order valence-corrected chi connectivity index (χ4v) is 4.07. The van der Waals surface area contributed by atoms with Crippen molar-refractivity contribution < 1.29 is 0 Å². The van der Waals surface area contributed by atoms with Crippen molar-refractivity contribution in [2.24, 2.45) is 17.8 Å². The molecule has 1 N–H and O–H groups in total. The highest BCUT2D eigenvalue weighted by Crippen LogP contribution is 2.40. The highest BCUT2D eigenvalue weighted by atomic mass is 15.2. The molecular formula is C18H34N2. The van der Waals surface area contributed by atoms with Crippen molar-refractivity contribution in [3.05, 3.63) is 0 Å². The number of piperazine rings is 1. The molecule has 0 bridgehead atoms. The van der Waals surface area contributed by atoms with Gasteiger partial charge in [0.2, 0.25) is 0 Å². The second-order valence-corrected chi connectivity index (χ2v) is 7.63. The Morgan fingerprint density at radius 2 is 1.85 bits per heavy atom. The molecule has 1 heterocycles. The van der Waals surface area contributed by atoms with Crippen LogP contribution >= 0.6 is 0 Å². The van der Waals surface area contributed by atoms with Gasteiger partial charge < -0.3 is 5.32 Å². The van der Waals surface area contributed by atoms with Crippen molar-refractivity contribution >= 4 is 0 Å². The first-order valence-electron chi connectivity index (χ1n) is 9.29. The first-order valence-corrected chi connectivity index (χ1v) is 9.29. The molecule has 3 rings (SSSR count). The second-order valence-electron chi connectivity index (χ2n) is 7.63. The molecule has 0 spiro atoms. The van der Waals surface area contributed by atoms with Crippen LogP contribution in [0.5, 0.6) is 0 Å². The number of hydrogen-bond acceptors (Lipinski definition) is 2. The van der Waals surface area contributed by atoms with E-state index in [-0.39, 0.29) is 0 Å². The molecule has 2 nitrogen and oxygen atoms in total. The van der Waals surface area contributed by atoms with Gasteiger partial charge in [0.05, 0.1) is 0 Å². The van der Waals surface area contributed by atoms with Crippen LogP contribution in [0.4, 0.5) is 0 Å². The predicted octanol–water partition coefficient (Wildman–Crippen LogP) is 3.67. The Morgan fingerprint density at radius 3 is 2.45 bits per heavy atom. The average molecular weight is 278 g/mol. The SMILES string of the molecule is CCCCC(CC)CN1CC(C2CC2)NCC1C1CC1. The number of nitrogens with zero attached hydrogens (tertiary/aromatic N) is 1. The van der Waals surface area contributed by atoms with E-state index in [2.05, 4.69) is 24.1 Å². The summed E-state index contributed by atoms with van der Waals surface area (Å²) in [6.07, 6.45) is 11.5. The lowest BCUT2D eigenvalue weighted by Gasteiger charge is -2.42. The minimum atomic E-state index is 0.814. The molecule has 3 unspecified atom stereocenters. The standard InChI is InChI=1S/C18H34N2/c1-3-5-6-14(4-2)12-20-13-17(15-7-8-15)19-11-18(20)16-9-10-16/h14-19H,3-13H2,1-2H3. The van der Waals surface area contributed by atoms with E-state index in [1.54, 1.807) is 0 Å². The Morgan fingerprint density at radius 1 is 1.10 bits per heavy atom. The molecule has 2 heteroatoms. The second kappa shape index (κ2) is 6.79. The summed E-state index contributed by atoms with van der Waals surface area (Å²) < 4.78 is 0. The molecular weight excluding hydrogens is 244 g/mol. The highest BCUT2D eigenvalue weighted by molar-refractivity contribution is 4.99. The summed E-state index contributed by atoms with van der Waals surface area (Å²) in [6.45, 7) is 8.72. The maximum absolute atomic E-state index is 3.88. The molecule has 2 saturated carbocycles. The topological polar surface area (TPSA) is 15.3 Å². The molecule has 0 radical (unpaired) electrons. The zero-order valence-electron chi connectivity index (χ0n) is 13.6. The van der Waals surface area contributed by atoms with E-state index in [4.69, 9.17) is 0 Å². The highest BCUT2D eigenvalue weighted by Gasteiger charge is 2.42. The number of unbranched alkanes of at least 4 members (excludes halogenated alkanes) is 1. The lowest BCUT2D eigenvalue weighted by atomic mass is 9.95. The van der Waals surface area contributed by atoms with Gasteiger partial charge in [0.25, 0.3) is 0 Å². The zero-order valence-corrected chi connectivity index (χ0v) is 13.6. The van der Waals surface area contributed by atoms with Crippen LogP contribution in [0.1, 0.15) is 65.2 Å². The summed E-state index contributed by atoms with van der Waals surface area (Å²) in [5.41, 5.74) is 0. The van der Waals surface area contributed by atoms with Crippen LogP contribution in [0.15, 0.2) is 0 Å². The lowest BCUT2D eigenvalue weighted by Crippen LogP contribution is -2.58. The first-order chi connectivity index (χ1) is 9.81. The van der Waals surface area contributed by atoms with Gasteiger partial charge in [0, 0.05) is 31.7 Å². The molecule has 0 amide bonds. The van der Waals surface area contributed by atoms with E-state index < -0.39 is 0 Å². The van der Waals surface area contributed by atoms with Crippen molar-refractivity contribution in [3.63, 3.8) is 0 Å². The van der Waals surface area contributed by atoms with Crippen LogP contribution in [0, 0.1) is 17.8 Å². The van der Waals surface area contributed by atoms with Gasteiger partial charge in [-0.25, -0.2) is 0 Å². The van der Waals surface area contributed by atoms with E-state index in [1.165, 1.54) is 71.0 Å². The zero-order chi connectivity index (χ0) is 13.9. The summed E-state index contributed by atoms with van der Waals surface area (Å²) in [5.74, 6) is 2.97. The summed E-state index contributed by atoms with van der Waals surface area (Å²) >= 11 is 0. The monoisotopic (exact) mass is 278 g/mol. The van der Waals surface area contributed by atoms with Gasteiger partial charge in [-0.2, -0.15) is 0 Å². The van der Waals surface area contributed by atoms with Crippen molar-refractivity contribution in [2.45, 2.75) is 77.3 Å². The van der Waals surface area contributed by atoms with E-state index in [0.717, 1.165) is 29.8 Å². The largest absolute Gasteiger partial charge is 0.311 e. The third-order valence-corrected chi connectivity index (χ3v) is 5.88. The molecule has 2 aliphatic carbocycles. The Kier molecular flexibility index (Phi) is 5.04. The van der Waals surface area contributed by atoms with Crippen molar-refractivity contribution in [3.8, 4) is 0 Å². The molecule has 0 aromatic heterocycles. The van der Waals surface area contributed by atoms with Crippen molar-refractivity contribution in [2.75, 3.05) is 19.6 Å². The predicted molar refractivity (Wildman–Crippen MR) is 85.9 cm³/mol. The van der Waals surface area contributed by atoms with E-state index in [1.807, 2.05) is 0 Å². The van der Waals surface area contributed by atoms with Crippen molar-refractivity contribution in [1.82, 2.24) is 10.2 Å². The molecule has 116 valence electrons. The van der Waals surface area contributed by atoms with E-state index in [0.29, 0.717) is 0 Å². The molecule has 20 heavy (non-hydrogen) atoms. The molecule has 1 saturated heterocycles. The Bertz CT molecular complexity index is 296. The van der Waals surface area contributed by atoms with Gasteiger partial charge in [-0.15, -0.1) is 0 Å². The van der Waals surface area contributed by atoms with E-state index in [9.17, 15) is 0 Å². The smallest absolute Gasteiger partial charge is 0.0249 e. The third kappa shape index (κ3) is 3.76. The van der Waals surface area contributed by atoms with E-state index >= 15 is 0 Å². The van der Waals surface area contributed by atoms with Gasteiger partial charge in [0.1, 0.15) is 0 Å². The maximum atomic E-state index is 3.88. The number of hydrogen-bond donors (Lipinski definition) is 1. The van der Waals surface area contributed by atoms with Crippen LogP contribution in [0.3, 0.4) is 0 Å². The normalized spacial score (nSPS) is 33.3. The van der Waals surface area contributed by atoms with Crippen LogP contribution in [0.25, 0.3) is 0 Å². The molecule has 0 aromatic carbocycles. The average Bonchev–Trinajstić information content (AvgIpc) is 3.34. The molecule has 1 aliphatic heterocycles. The molecule has 3 aliphatic rings. The Balaban J connectivity index is 1.56. The quantitative estimate of drug-likeness (QED) is 0.729. The summed E-state index contributed by atoms with van der Waals surface area (Å²) in [5, 5.41) is 3.88. The molecule has 3 fully saturated rings. The van der Waals surface area contributed by atoms with Crippen LogP contribution < -0.4 is 5.32 Å². The Labute approximate surface area is 125 Å². The fraction of sp³-hybridized carbons (Fsp3) is 1.00. The molecule has 0 aromatic rings. The lowest BCUT2D eigenvalue weighted by molar-refractivity contribution is 0.0867. The van der Waals surface area contributed by atoms with Crippen LogP contribution in [-0.4, -0.2) is 36.6 Å². The summed E-state index contributed by atoms with van der Waals surface area (Å²) in [6, 6.07) is 1.68. The number of nitrogens with one attached hydrogen (secondary N) is 1. The number of rotatable bonds is 8. The van der Waals surface area contributed by atoms with Crippen LogP contribution in [0.2, 0.25) is 0 Å². The van der Waals surface area contributed by atoms with Gasteiger partial charge >= 0.3 is 0 Å². The minimum Gasteiger partial charge on any atom is -0.311 e. The van der Waals surface area contributed by atoms with Gasteiger partial charge in [-0.1, -0.05) is 33.1 Å². The maximum Gasteiger partial charge on any atom is 0.0249 e. The van der Waals surface area contributed by atoms with Crippen molar-refractivity contribution in [1.29, 1.82) is 0 Å². The van der Waals surface area contributed by atoms with Gasteiger partial charge in [0.15, 0.2) is 0 Å². The summed E-state index contributed by atoms with van der Waals surface area (Å²) in [7, 11) is 0. The third-order valence-electron chi connectivity index (χ3n) is 5.88.